The number of nitrogens with zero attached hydrogens (tertiary/aromatic N) is 1. The van der Waals surface area contributed by atoms with Gasteiger partial charge in [0.05, 0.1) is 12.3 Å². The molecule has 0 bridgehead atoms. The van der Waals surface area contributed by atoms with Gasteiger partial charge >= 0.3 is 0 Å². The molecule has 1 amide bonds. The number of guanidine groups is 1. The number of rotatable bonds is 9. The summed E-state index contributed by atoms with van der Waals surface area (Å²) in [5.41, 5.74) is 14.2. The molecule has 1 unspecified atom stereocenters. The lowest BCUT2D eigenvalue weighted by Crippen LogP contribution is -2.36. The lowest BCUT2D eigenvalue weighted by Gasteiger charge is -2.37. The summed E-state index contributed by atoms with van der Waals surface area (Å²) in [6.07, 6.45) is 4.57. The van der Waals surface area contributed by atoms with E-state index in [1.807, 2.05) is 55.5 Å². The van der Waals surface area contributed by atoms with E-state index in [9.17, 15) is 9.90 Å². The van der Waals surface area contributed by atoms with Crippen LogP contribution in [-0.2, 0) is 6.42 Å². The van der Waals surface area contributed by atoms with E-state index in [0.29, 0.717) is 29.3 Å². The van der Waals surface area contributed by atoms with Crippen LogP contribution in [0.15, 0.2) is 77.8 Å². The highest BCUT2D eigenvalue weighted by Gasteiger charge is 2.33. The summed E-state index contributed by atoms with van der Waals surface area (Å²) >= 11 is 0. The van der Waals surface area contributed by atoms with Gasteiger partial charge in [0, 0.05) is 27.6 Å². The molecule has 9 heteroatoms. The molecule has 0 aliphatic carbocycles. The number of aliphatic imine (C=N–C) groups is 1. The maximum Gasteiger partial charge on any atom is 0.255 e. The van der Waals surface area contributed by atoms with E-state index in [1.54, 1.807) is 24.3 Å². The molecule has 4 aromatic carbocycles. The van der Waals surface area contributed by atoms with Gasteiger partial charge in [0.15, 0.2) is 5.96 Å². The Morgan fingerprint density at radius 3 is 2.52 bits per heavy atom. The summed E-state index contributed by atoms with van der Waals surface area (Å²) in [4.78, 5) is 16.6. The van der Waals surface area contributed by atoms with Gasteiger partial charge in [-0.15, -0.1) is 12.4 Å². The summed E-state index contributed by atoms with van der Waals surface area (Å²) in [7, 11) is 0. The smallest absolute Gasteiger partial charge is 0.255 e. The highest BCUT2D eigenvalue weighted by molar-refractivity contribution is 6.04. The van der Waals surface area contributed by atoms with Crippen LogP contribution in [0, 0.1) is 6.92 Å². The molecule has 8 nitrogen and oxygen atoms in total. The monoisotopic (exact) mass is 588 g/mol. The molecule has 6 N–H and O–H groups in total. The Kier molecular flexibility index (Phi) is 9.48. The summed E-state index contributed by atoms with van der Waals surface area (Å²) < 4.78 is 12.6. The number of carbonyl (C=O) groups is 1. The standard InChI is InChI=1S/C33H36N4O4.ClH/c1-21-26-16-18-33(2,41-30(26)28-11-4-3-10-27(28)29(21)38)17-5-6-19-40-25-14-12-23(13-15-25)36-31(39)22-8-7-9-24(20-22)37-32(34)35;/h3-4,7-15,20,38H,5-6,16-19H2,1-2H3,(H,36,39)(H4,34,35,37);1H. The second-order valence-corrected chi connectivity index (χ2v) is 10.7. The quantitative estimate of drug-likeness (QED) is 0.0969. The number of phenols is 1. The Labute approximate surface area is 252 Å². The van der Waals surface area contributed by atoms with E-state index in [4.69, 9.17) is 20.9 Å². The molecule has 1 heterocycles. The molecular formula is C33H37ClN4O4. The van der Waals surface area contributed by atoms with Crippen LogP contribution in [0.2, 0.25) is 0 Å². The molecule has 0 saturated carbocycles. The van der Waals surface area contributed by atoms with Gasteiger partial charge in [-0.1, -0.05) is 30.3 Å². The molecule has 4 aromatic rings. The van der Waals surface area contributed by atoms with Crippen LogP contribution in [0.5, 0.6) is 17.2 Å². The van der Waals surface area contributed by atoms with Crippen molar-refractivity contribution >= 4 is 46.4 Å². The average molecular weight is 589 g/mol. The molecule has 1 aliphatic rings. The summed E-state index contributed by atoms with van der Waals surface area (Å²) in [5, 5.41) is 15.4. The van der Waals surface area contributed by atoms with E-state index in [1.165, 1.54) is 0 Å². The van der Waals surface area contributed by atoms with Crippen LogP contribution in [0.3, 0.4) is 0 Å². The zero-order valence-corrected chi connectivity index (χ0v) is 24.7. The largest absolute Gasteiger partial charge is 0.507 e. The van der Waals surface area contributed by atoms with E-state index in [0.717, 1.165) is 65.5 Å². The topological polar surface area (TPSA) is 132 Å². The highest BCUT2D eigenvalue weighted by atomic mass is 35.5. The normalized spacial score (nSPS) is 15.6. The Balaban J connectivity index is 0.00000405. The van der Waals surface area contributed by atoms with Crippen molar-refractivity contribution in [2.45, 2.75) is 51.6 Å². The third-order valence-electron chi connectivity index (χ3n) is 7.61. The van der Waals surface area contributed by atoms with Crippen molar-refractivity contribution in [3.8, 4) is 17.2 Å². The van der Waals surface area contributed by atoms with E-state index in [2.05, 4.69) is 17.2 Å². The number of ether oxygens (including phenoxy) is 2. The second-order valence-electron chi connectivity index (χ2n) is 10.7. The Morgan fingerprint density at radius 2 is 1.79 bits per heavy atom. The lowest BCUT2D eigenvalue weighted by atomic mass is 9.85. The molecule has 1 atom stereocenters. The molecule has 5 rings (SSSR count). The Hall–Kier alpha value is -4.43. The number of nitrogens with two attached hydrogens (primary N) is 2. The van der Waals surface area contributed by atoms with Gasteiger partial charge in [0.1, 0.15) is 22.8 Å². The molecule has 42 heavy (non-hydrogen) atoms. The van der Waals surface area contributed by atoms with Crippen LogP contribution in [0.25, 0.3) is 10.8 Å². The molecule has 1 aliphatic heterocycles. The van der Waals surface area contributed by atoms with Gasteiger partial charge in [-0.25, -0.2) is 4.99 Å². The first-order valence-electron chi connectivity index (χ1n) is 13.9. The number of carbonyl (C=O) groups excluding carboxylic acids is 1. The van der Waals surface area contributed by atoms with Gasteiger partial charge in [0.25, 0.3) is 5.91 Å². The number of benzene rings is 4. The van der Waals surface area contributed by atoms with Gasteiger partial charge in [0.2, 0.25) is 0 Å². The maximum absolute atomic E-state index is 12.6. The first-order valence-corrected chi connectivity index (χ1v) is 13.9. The van der Waals surface area contributed by atoms with Gasteiger partial charge in [-0.05, 0) is 94.0 Å². The average Bonchev–Trinajstić information content (AvgIpc) is 2.96. The summed E-state index contributed by atoms with van der Waals surface area (Å²) in [5.74, 6) is 1.69. The summed E-state index contributed by atoms with van der Waals surface area (Å²) in [6, 6.07) is 22.0. The lowest BCUT2D eigenvalue weighted by molar-refractivity contribution is 0.0542. The van der Waals surface area contributed by atoms with Gasteiger partial charge in [-0.3, -0.25) is 4.79 Å². The zero-order chi connectivity index (χ0) is 29.0. The number of fused-ring (bicyclic) bond motifs is 3. The highest BCUT2D eigenvalue weighted by Crippen LogP contribution is 2.46. The van der Waals surface area contributed by atoms with Crippen molar-refractivity contribution in [1.82, 2.24) is 0 Å². The van der Waals surface area contributed by atoms with Crippen molar-refractivity contribution in [3.63, 3.8) is 0 Å². The number of hydrogen-bond donors (Lipinski definition) is 4. The minimum Gasteiger partial charge on any atom is -0.507 e. The van der Waals surface area contributed by atoms with Crippen LogP contribution >= 0.6 is 12.4 Å². The molecule has 220 valence electrons. The molecule has 0 radical (unpaired) electrons. The van der Waals surface area contributed by atoms with Crippen molar-refractivity contribution < 1.29 is 19.4 Å². The van der Waals surface area contributed by atoms with Crippen LogP contribution in [-0.4, -0.2) is 29.2 Å². The van der Waals surface area contributed by atoms with E-state index < -0.39 is 0 Å². The maximum atomic E-state index is 12.6. The van der Waals surface area contributed by atoms with Gasteiger partial charge < -0.3 is 31.4 Å². The fourth-order valence-corrected chi connectivity index (χ4v) is 5.34. The number of nitrogens with one attached hydrogen (secondary N) is 1. The van der Waals surface area contributed by atoms with Crippen LogP contribution < -0.4 is 26.3 Å². The molecule has 0 saturated heterocycles. The van der Waals surface area contributed by atoms with Crippen molar-refractivity contribution in [2.24, 2.45) is 16.5 Å². The first kappa shape index (κ1) is 30.5. The number of phenolic OH excluding ortho intramolecular Hbond substituents is 1. The van der Waals surface area contributed by atoms with Crippen molar-refractivity contribution in [2.75, 3.05) is 11.9 Å². The van der Waals surface area contributed by atoms with Crippen molar-refractivity contribution in [3.05, 3.63) is 89.5 Å². The van der Waals surface area contributed by atoms with E-state index >= 15 is 0 Å². The molecule has 0 fully saturated rings. The third-order valence-corrected chi connectivity index (χ3v) is 7.61. The Morgan fingerprint density at radius 1 is 1.05 bits per heavy atom. The molecule has 0 aromatic heterocycles. The molecular weight excluding hydrogens is 552 g/mol. The van der Waals surface area contributed by atoms with Gasteiger partial charge in [-0.2, -0.15) is 0 Å². The fourth-order valence-electron chi connectivity index (χ4n) is 5.34. The second kappa shape index (κ2) is 13.0. The summed E-state index contributed by atoms with van der Waals surface area (Å²) in [6.45, 7) is 4.74. The number of aromatic hydroxyl groups is 1. The van der Waals surface area contributed by atoms with Crippen molar-refractivity contribution in [1.29, 1.82) is 0 Å². The number of halogens is 1. The number of amides is 1. The predicted octanol–water partition coefficient (Wildman–Crippen LogP) is 6.77. The predicted molar refractivity (Wildman–Crippen MR) is 171 cm³/mol. The fraction of sp³-hybridized carbons (Fsp3) is 0.273. The first-order chi connectivity index (χ1) is 19.7. The molecule has 0 spiro atoms. The number of anilines is 1. The zero-order valence-electron chi connectivity index (χ0n) is 23.9. The SMILES string of the molecule is Cc1c2c(c3ccccc3c1O)OC(C)(CCCCOc1ccc(NC(=O)c3cccc(N=C(N)N)c3)cc1)CC2.Cl. The minimum atomic E-state index is -0.262. The van der Waals surface area contributed by atoms with Crippen LogP contribution in [0.1, 0.15) is 54.1 Å². The third kappa shape index (κ3) is 6.89. The minimum absolute atomic E-state index is 0. The Bertz CT molecular complexity index is 1600. The van der Waals surface area contributed by atoms with Crippen LogP contribution in [0.4, 0.5) is 11.4 Å². The number of unbranched alkanes of at least 4 members (excludes halogenated alkanes) is 1. The van der Waals surface area contributed by atoms with E-state index in [-0.39, 0.29) is 29.9 Å². The number of hydrogen-bond acceptors (Lipinski definition) is 5.